The number of ether oxygens (including phenoxy) is 6. The lowest BCUT2D eigenvalue weighted by Crippen LogP contribution is -2.37. The second-order valence-electron chi connectivity index (χ2n) is 11.0. The summed E-state index contributed by atoms with van der Waals surface area (Å²) < 4.78 is 34.3. The summed E-state index contributed by atoms with van der Waals surface area (Å²) in [6, 6.07) is 11.8. The van der Waals surface area contributed by atoms with Gasteiger partial charge in [-0.1, -0.05) is 42.8 Å². The number of hydrogen-bond donors (Lipinski definition) is 2. The molecule has 1 heterocycles. The van der Waals surface area contributed by atoms with Gasteiger partial charge < -0.3 is 38.6 Å². The maximum absolute atomic E-state index is 13.1. The van der Waals surface area contributed by atoms with Gasteiger partial charge in [-0.15, -0.1) is 0 Å². The van der Waals surface area contributed by atoms with E-state index in [9.17, 15) is 19.8 Å². The third kappa shape index (κ3) is 8.45. The van der Waals surface area contributed by atoms with Crippen molar-refractivity contribution in [2.24, 2.45) is 5.92 Å². The second kappa shape index (κ2) is 14.7. The molecule has 2 N–H and O–H groups in total. The van der Waals surface area contributed by atoms with Gasteiger partial charge in [0.2, 0.25) is 0 Å². The molecular weight excluding hydrogens is 556 g/mol. The summed E-state index contributed by atoms with van der Waals surface area (Å²) in [6.45, 7) is 3.44. The van der Waals surface area contributed by atoms with Gasteiger partial charge in [0.05, 0.1) is 24.9 Å². The maximum atomic E-state index is 13.1. The van der Waals surface area contributed by atoms with E-state index in [1.54, 1.807) is 62.4 Å². The summed E-state index contributed by atoms with van der Waals surface area (Å²) in [7, 11) is 2.92. The van der Waals surface area contributed by atoms with Crippen molar-refractivity contribution >= 4 is 18.0 Å². The van der Waals surface area contributed by atoms with E-state index in [0.29, 0.717) is 23.3 Å². The Hall–Kier alpha value is -3.70. The molecule has 4 rings (SSSR count). The Morgan fingerprint density at radius 1 is 1.12 bits per heavy atom. The molecule has 0 radical (unpaired) electrons. The van der Waals surface area contributed by atoms with Gasteiger partial charge in [-0.2, -0.15) is 0 Å². The molecule has 2 aliphatic rings. The van der Waals surface area contributed by atoms with Crippen molar-refractivity contribution in [1.82, 2.24) is 0 Å². The van der Waals surface area contributed by atoms with E-state index in [1.807, 2.05) is 12.1 Å². The lowest BCUT2D eigenvalue weighted by molar-refractivity contribution is -0.152. The number of methoxy groups -OCH3 is 2. The van der Waals surface area contributed by atoms with Crippen molar-refractivity contribution in [3.05, 3.63) is 77.4 Å². The van der Waals surface area contributed by atoms with Crippen LogP contribution >= 0.6 is 0 Å². The van der Waals surface area contributed by atoms with Gasteiger partial charge in [0.15, 0.2) is 12.6 Å². The monoisotopic (exact) mass is 596 g/mol. The lowest BCUT2D eigenvalue weighted by atomic mass is 9.99. The van der Waals surface area contributed by atoms with Gasteiger partial charge in [0, 0.05) is 19.1 Å². The predicted molar refractivity (Wildman–Crippen MR) is 158 cm³/mol. The molecule has 0 aromatic heterocycles. The number of benzene rings is 2. The Morgan fingerprint density at radius 2 is 1.88 bits per heavy atom. The summed E-state index contributed by atoms with van der Waals surface area (Å²) in [5, 5.41) is 20.3. The number of aliphatic hydroxyl groups is 1. The first-order valence-electron chi connectivity index (χ1n) is 14.3. The van der Waals surface area contributed by atoms with Crippen LogP contribution in [-0.4, -0.2) is 73.4 Å². The summed E-state index contributed by atoms with van der Waals surface area (Å²) in [4.78, 5) is 25.3. The van der Waals surface area contributed by atoms with Crippen molar-refractivity contribution in [3.63, 3.8) is 0 Å². The average molecular weight is 597 g/mol. The zero-order valence-corrected chi connectivity index (χ0v) is 24.9. The Morgan fingerprint density at radius 3 is 2.53 bits per heavy atom. The first-order chi connectivity index (χ1) is 20.6. The minimum absolute atomic E-state index is 0.0383. The molecule has 1 aliphatic carbocycles. The largest absolute Gasteiger partial charge is 0.497 e. The average Bonchev–Trinajstić information content (AvgIpc) is 3.54. The van der Waals surface area contributed by atoms with Gasteiger partial charge in [0.25, 0.3) is 0 Å². The standard InChI is InChI=1S/C33H40O10/c1-33(2)42-27(15-9-13-23-18-24(39-4)19-28(40-20-38-3)29(23)31(35)36)30(43-33)26(17-16-21-12-8-14-25(21)34)41-32(37)22-10-6-5-7-11-22/h5-7,9-11,13,16-19,21,25-27,30,34H,8,12,14-15,20H2,1-4H3,(H,35,36)/b13-9+,17-16-/t21-,25+,26?,27+,30-/m1/s1. The van der Waals surface area contributed by atoms with Gasteiger partial charge in [0.1, 0.15) is 29.3 Å². The Bertz CT molecular complexity index is 1300. The van der Waals surface area contributed by atoms with Gasteiger partial charge >= 0.3 is 11.9 Å². The molecule has 0 bridgehead atoms. The summed E-state index contributed by atoms with van der Waals surface area (Å²) in [6.07, 6.45) is 7.49. The lowest BCUT2D eigenvalue weighted by Gasteiger charge is -2.25. The fourth-order valence-electron chi connectivity index (χ4n) is 5.41. The van der Waals surface area contributed by atoms with Crippen LogP contribution in [0.2, 0.25) is 0 Å². The third-order valence-electron chi connectivity index (χ3n) is 7.43. The first-order valence-corrected chi connectivity index (χ1v) is 14.3. The highest BCUT2D eigenvalue weighted by molar-refractivity contribution is 5.95. The van der Waals surface area contributed by atoms with Crippen molar-refractivity contribution in [1.29, 1.82) is 0 Å². The SMILES string of the molecule is COCOc1cc(OC)cc(/C=C/C[C@@H]2OC(C)(C)O[C@@H]2C(/C=C\[C@H]2CCC[C@@H]2O)OC(=O)c2ccccc2)c1C(=O)O. The summed E-state index contributed by atoms with van der Waals surface area (Å²) in [5.74, 6) is -2.15. The van der Waals surface area contributed by atoms with Crippen molar-refractivity contribution in [2.45, 2.75) is 69.7 Å². The second-order valence-corrected chi connectivity index (χ2v) is 11.0. The quantitative estimate of drug-likeness (QED) is 0.180. The maximum Gasteiger partial charge on any atom is 0.340 e. The number of carbonyl (C=O) groups is 2. The zero-order chi connectivity index (χ0) is 31.0. The van der Waals surface area contributed by atoms with E-state index >= 15 is 0 Å². The molecular formula is C33H40O10. The van der Waals surface area contributed by atoms with Gasteiger partial charge in [-0.05, 0) is 62.9 Å². The Balaban J connectivity index is 1.60. The van der Waals surface area contributed by atoms with E-state index in [0.717, 1.165) is 19.3 Å². The minimum Gasteiger partial charge on any atom is -0.497 e. The number of hydrogen-bond acceptors (Lipinski definition) is 9. The molecule has 10 nitrogen and oxygen atoms in total. The number of esters is 1. The number of carbonyl (C=O) groups excluding carboxylic acids is 1. The Kier molecular flexibility index (Phi) is 11.0. The van der Waals surface area contributed by atoms with Crippen LogP contribution in [0.5, 0.6) is 11.5 Å². The number of carboxylic acid groups (broad SMARTS) is 1. The molecule has 1 saturated carbocycles. The molecule has 1 aliphatic heterocycles. The molecule has 0 amide bonds. The third-order valence-corrected chi connectivity index (χ3v) is 7.43. The fraction of sp³-hybridized carbons (Fsp3) is 0.455. The molecule has 232 valence electrons. The zero-order valence-electron chi connectivity index (χ0n) is 24.9. The van der Waals surface area contributed by atoms with Crippen molar-refractivity contribution in [2.75, 3.05) is 21.0 Å². The topological polar surface area (TPSA) is 130 Å². The molecule has 1 unspecified atom stereocenters. The predicted octanol–water partition coefficient (Wildman–Crippen LogP) is 5.24. The van der Waals surface area contributed by atoms with Crippen LogP contribution in [0.3, 0.4) is 0 Å². The summed E-state index contributed by atoms with van der Waals surface area (Å²) >= 11 is 0. The highest BCUT2D eigenvalue weighted by Gasteiger charge is 2.45. The molecule has 2 fully saturated rings. The van der Waals surface area contributed by atoms with E-state index in [4.69, 9.17) is 28.4 Å². The number of aliphatic hydroxyl groups excluding tert-OH is 1. The van der Waals surface area contributed by atoms with Gasteiger partial charge in [-0.25, -0.2) is 9.59 Å². The van der Waals surface area contributed by atoms with Crippen LogP contribution < -0.4 is 9.47 Å². The molecule has 43 heavy (non-hydrogen) atoms. The van der Waals surface area contributed by atoms with Gasteiger partial charge in [-0.3, -0.25) is 0 Å². The molecule has 0 spiro atoms. The van der Waals surface area contributed by atoms with Crippen LogP contribution in [0.4, 0.5) is 0 Å². The van der Waals surface area contributed by atoms with Crippen LogP contribution in [0.1, 0.15) is 65.8 Å². The molecule has 5 atom stereocenters. The van der Waals surface area contributed by atoms with Crippen LogP contribution in [-0.2, 0) is 18.9 Å². The van der Waals surface area contributed by atoms with E-state index in [-0.39, 0.29) is 24.0 Å². The van der Waals surface area contributed by atoms with E-state index in [2.05, 4.69) is 0 Å². The highest BCUT2D eigenvalue weighted by atomic mass is 16.8. The smallest absolute Gasteiger partial charge is 0.340 e. The molecule has 10 heteroatoms. The fourth-order valence-corrected chi connectivity index (χ4v) is 5.41. The number of aromatic carboxylic acids is 1. The molecule has 2 aromatic carbocycles. The minimum atomic E-state index is -1.17. The van der Waals surface area contributed by atoms with E-state index < -0.39 is 42.1 Å². The van der Waals surface area contributed by atoms with Crippen LogP contribution in [0.25, 0.3) is 6.08 Å². The Labute approximate surface area is 251 Å². The highest BCUT2D eigenvalue weighted by Crippen LogP contribution is 2.36. The van der Waals surface area contributed by atoms with Crippen LogP contribution in [0.15, 0.2) is 60.7 Å². The van der Waals surface area contributed by atoms with Crippen molar-refractivity contribution in [3.8, 4) is 11.5 Å². The first kappa shape index (κ1) is 32.2. The number of carboxylic acids is 1. The number of rotatable bonds is 13. The molecule has 1 saturated heterocycles. The normalized spacial score (nSPS) is 23.9. The van der Waals surface area contributed by atoms with E-state index in [1.165, 1.54) is 20.3 Å². The molecule has 2 aromatic rings. The summed E-state index contributed by atoms with van der Waals surface area (Å²) in [5.41, 5.74) is 0.735. The van der Waals surface area contributed by atoms with Crippen LogP contribution in [0, 0.1) is 5.92 Å². The van der Waals surface area contributed by atoms with Crippen molar-refractivity contribution < 1.29 is 48.2 Å².